The summed E-state index contributed by atoms with van der Waals surface area (Å²) >= 11 is 14.8. The number of rotatable bonds is 9. The highest BCUT2D eigenvalue weighted by Crippen LogP contribution is 2.44. The Morgan fingerprint density at radius 3 is 2.48 bits per heavy atom. The predicted molar refractivity (Wildman–Crippen MR) is 179 cm³/mol. The van der Waals surface area contributed by atoms with Gasteiger partial charge in [-0.15, -0.1) is 10.2 Å². The summed E-state index contributed by atoms with van der Waals surface area (Å²) in [5.74, 6) is -1.62. The Morgan fingerprint density at radius 1 is 1.00 bits per heavy atom. The minimum atomic E-state index is -1.07. The lowest BCUT2D eigenvalue weighted by atomic mass is 9.95. The van der Waals surface area contributed by atoms with Crippen molar-refractivity contribution in [1.82, 2.24) is 10.2 Å². The molecule has 5 aromatic rings. The van der Waals surface area contributed by atoms with Crippen molar-refractivity contribution in [3.05, 3.63) is 140 Å². The number of carbonyl (C=O) groups excluding carboxylic acids is 2. The third-order valence-electron chi connectivity index (χ3n) is 7.21. The van der Waals surface area contributed by atoms with E-state index in [1.54, 1.807) is 36.4 Å². The molecule has 1 fully saturated rings. The molecule has 1 saturated heterocycles. The zero-order valence-electron chi connectivity index (χ0n) is 24.1. The molecule has 1 atom stereocenters. The number of aromatic nitrogens is 2. The molecule has 12 heteroatoms. The van der Waals surface area contributed by atoms with Crippen molar-refractivity contribution >= 4 is 68.9 Å². The Labute approximate surface area is 282 Å². The number of ether oxygens (including phenoxy) is 1. The van der Waals surface area contributed by atoms with Gasteiger partial charge in [0.05, 0.1) is 11.6 Å². The number of hydrogen-bond acceptors (Lipinski definition) is 8. The lowest BCUT2D eigenvalue weighted by Crippen LogP contribution is -2.29. The molecule has 232 valence electrons. The average Bonchev–Trinajstić information content (AvgIpc) is 3.61. The fourth-order valence-corrected chi connectivity index (χ4v) is 7.39. The number of aryl methyl sites for hydroxylation is 1. The van der Waals surface area contributed by atoms with E-state index in [1.165, 1.54) is 40.9 Å². The van der Waals surface area contributed by atoms with Gasteiger partial charge in [0.2, 0.25) is 5.13 Å². The number of anilines is 1. The molecule has 0 aliphatic carbocycles. The molecule has 7 nitrogen and oxygen atoms in total. The molecule has 6 rings (SSSR count). The standard InChI is InChI=1S/C34H24Cl2FN3O4S2/c1-19-3-2-4-20(15-19)17-44-26-13-8-22(9-14-26)30(41)28-29(21-6-11-25(37)12-7-21)40(32(43)31(28)42)33-38-39-34(46-33)45-18-23-5-10-24(35)16-27(23)36/h2-16,29,41H,17-18H2,1H3/b30-28+. The first kappa shape index (κ1) is 31.7. The van der Waals surface area contributed by atoms with E-state index in [9.17, 15) is 19.1 Å². The van der Waals surface area contributed by atoms with Crippen molar-refractivity contribution in [2.45, 2.75) is 29.7 Å². The fraction of sp³-hybridized carbons (Fsp3) is 0.118. The van der Waals surface area contributed by atoms with E-state index in [1.807, 2.05) is 37.3 Å². The first-order chi connectivity index (χ1) is 22.2. The van der Waals surface area contributed by atoms with Crippen LogP contribution in [0, 0.1) is 12.7 Å². The van der Waals surface area contributed by atoms with Crippen LogP contribution >= 0.6 is 46.3 Å². The smallest absolute Gasteiger partial charge is 0.301 e. The van der Waals surface area contributed by atoms with Crippen LogP contribution in [-0.2, 0) is 21.9 Å². The Bertz CT molecular complexity index is 1970. The lowest BCUT2D eigenvalue weighted by Gasteiger charge is -2.22. The highest BCUT2D eigenvalue weighted by Gasteiger charge is 2.48. The van der Waals surface area contributed by atoms with Gasteiger partial charge in [-0.1, -0.05) is 94.3 Å². The van der Waals surface area contributed by atoms with Crippen molar-refractivity contribution in [3.63, 3.8) is 0 Å². The van der Waals surface area contributed by atoms with Crippen molar-refractivity contribution in [2.75, 3.05) is 4.90 Å². The zero-order chi connectivity index (χ0) is 32.4. The second-order valence-electron chi connectivity index (χ2n) is 10.4. The molecule has 46 heavy (non-hydrogen) atoms. The number of halogens is 3. The Balaban J connectivity index is 1.29. The first-order valence-electron chi connectivity index (χ1n) is 13.9. The number of hydrogen-bond donors (Lipinski definition) is 1. The summed E-state index contributed by atoms with van der Waals surface area (Å²) in [5, 5.41) is 21.1. The maximum Gasteiger partial charge on any atom is 0.301 e. The quantitative estimate of drug-likeness (QED) is 0.0543. The third kappa shape index (κ3) is 6.80. The summed E-state index contributed by atoms with van der Waals surface area (Å²) in [4.78, 5) is 28.2. The maximum atomic E-state index is 13.9. The van der Waals surface area contributed by atoms with Crippen molar-refractivity contribution in [2.24, 2.45) is 0 Å². The molecular formula is C34H24Cl2FN3O4S2. The van der Waals surface area contributed by atoms with Gasteiger partial charge in [0.25, 0.3) is 5.78 Å². The molecule has 1 unspecified atom stereocenters. The van der Waals surface area contributed by atoms with Gasteiger partial charge in [-0.25, -0.2) is 4.39 Å². The molecule has 1 aromatic heterocycles. The molecule has 0 bridgehead atoms. The van der Waals surface area contributed by atoms with Crippen LogP contribution in [-0.4, -0.2) is 27.0 Å². The molecule has 1 amide bonds. The molecule has 1 aliphatic heterocycles. The van der Waals surface area contributed by atoms with E-state index in [-0.39, 0.29) is 16.5 Å². The highest BCUT2D eigenvalue weighted by atomic mass is 35.5. The molecule has 2 heterocycles. The third-order valence-corrected chi connectivity index (χ3v) is 9.91. The average molecular weight is 693 g/mol. The van der Waals surface area contributed by atoms with Crippen molar-refractivity contribution in [3.8, 4) is 5.75 Å². The largest absolute Gasteiger partial charge is 0.507 e. The van der Waals surface area contributed by atoms with E-state index >= 15 is 0 Å². The molecule has 0 radical (unpaired) electrons. The van der Waals surface area contributed by atoms with Gasteiger partial charge in [-0.3, -0.25) is 14.5 Å². The van der Waals surface area contributed by atoms with Gasteiger partial charge in [0.15, 0.2) is 4.34 Å². The molecule has 1 aliphatic rings. The van der Waals surface area contributed by atoms with Crippen LogP contribution in [0.1, 0.15) is 33.9 Å². The number of aliphatic hydroxyl groups is 1. The minimum absolute atomic E-state index is 0.151. The van der Waals surface area contributed by atoms with Crippen molar-refractivity contribution in [1.29, 1.82) is 0 Å². The highest BCUT2D eigenvalue weighted by molar-refractivity contribution is 8.00. The van der Waals surface area contributed by atoms with E-state index < -0.39 is 23.5 Å². The summed E-state index contributed by atoms with van der Waals surface area (Å²) in [6.07, 6.45) is 0. The first-order valence-corrected chi connectivity index (χ1v) is 16.5. The van der Waals surface area contributed by atoms with Gasteiger partial charge in [0, 0.05) is 21.4 Å². The lowest BCUT2D eigenvalue weighted by molar-refractivity contribution is -0.132. The summed E-state index contributed by atoms with van der Waals surface area (Å²) in [6.45, 7) is 2.36. The Morgan fingerprint density at radius 2 is 1.76 bits per heavy atom. The number of carbonyl (C=O) groups is 2. The molecule has 1 N–H and O–H groups in total. The summed E-state index contributed by atoms with van der Waals surface area (Å²) in [6, 6.07) is 24.1. The topological polar surface area (TPSA) is 92.6 Å². The summed E-state index contributed by atoms with van der Waals surface area (Å²) < 4.78 is 20.3. The van der Waals surface area contributed by atoms with E-state index in [0.29, 0.717) is 43.6 Å². The van der Waals surface area contributed by atoms with E-state index in [0.717, 1.165) is 28.0 Å². The SMILES string of the molecule is Cc1cccc(COc2ccc(/C(O)=C3\C(=O)C(=O)N(c4nnc(SCc5ccc(Cl)cc5Cl)s4)C3c3ccc(F)cc3)cc2)c1. The molecule has 4 aromatic carbocycles. The van der Waals surface area contributed by atoms with Crippen LogP contribution < -0.4 is 9.64 Å². The van der Waals surface area contributed by atoms with E-state index in [4.69, 9.17) is 27.9 Å². The number of amides is 1. The van der Waals surface area contributed by atoms with Crippen LogP contribution in [0.15, 0.2) is 101 Å². The van der Waals surface area contributed by atoms with Gasteiger partial charge in [-0.05, 0) is 72.1 Å². The van der Waals surface area contributed by atoms with Gasteiger partial charge in [-0.2, -0.15) is 0 Å². The maximum absolute atomic E-state index is 13.9. The number of nitrogens with zero attached hydrogens (tertiary/aromatic N) is 3. The Kier molecular flexibility index (Phi) is 9.42. The van der Waals surface area contributed by atoms with Gasteiger partial charge in [0.1, 0.15) is 23.9 Å². The number of thioether (sulfide) groups is 1. The van der Waals surface area contributed by atoms with Crippen LogP contribution in [0.4, 0.5) is 9.52 Å². The van der Waals surface area contributed by atoms with Crippen LogP contribution in [0.3, 0.4) is 0 Å². The van der Waals surface area contributed by atoms with Gasteiger partial charge >= 0.3 is 5.91 Å². The number of aliphatic hydroxyl groups excluding tert-OH is 1. The molecule has 0 saturated carbocycles. The molecule has 0 spiro atoms. The van der Waals surface area contributed by atoms with Crippen LogP contribution in [0.25, 0.3) is 5.76 Å². The normalized spacial score (nSPS) is 15.8. The molecular weight excluding hydrogens is 668 g/mol. The Hall–Kier alpha value is -4.22. The second kappa shape index (κ2) is 13.6. The van der Waals surface area contributed by atoms with Gasteiger partial charge < -0.3 is 9.84 Å². The predicted octanol–water partition coefficient (Wildman–Crippen LogP) is 8.79. The van der Waals surface area contributed by atoms with Crippen LogP contribution in [0.5, 0.6) is 5.75 Å². The zero-order valence-corrected chi connectivity index (χ0v) is 27.3. The van der Waals surface area contributed by atoms with Crippen LogP contribution in [0.2, 0.25) is 10.0 Å². The van der Waals surface area contributed by atoms with Crippen molar-refractivity contribution < 1.29 is 23.8 Å². The number of ketones is 1. The summed E-state index contributed by atoms with van der Waals surface area (Å²) in [7, 11) is 0. The minimum Gasteiger partial charge on any atom is -0.507 e. The second-order valence-corrected chi connectivity index (χ2v) is 13.4. The monoisotopic (exact) mass is 691 g/mol. The summed E-state index contributed by atoms with van der Waals surface area (Å²) in [5.41, 5.74) is 3.55. The number of Topliss-reactive ketones (excluding diaryl/α,β-unsaturated/α-hetero) is 1. The number of benzene rings is 4. The fourth-order valence-electron chi connectivity index (χ4n) is 4.96. The van der Waals surface area contributed by atoms with E-state index in [2.05, 4.69) is 10.2 Å².